The van der Waals surface area contributed by atoms with Gasteiger partial charge in [-0.15, -0.1) is 0 Å². The first-order valence-electron chi connectivity index (χ1n) is 3.71. The molecule has 1 atom stereocenters. The highest BCUT2D eigenvalue weighted by atomic mass is 32.2. The Balaban J connectivity index is 2.81. The van der Waals surface area contributed by atoms with Gasteiger partial charge in [0.1, 0.15) is 12.2 Å². The summed E-state index contributed by atoms with van der Waals surface area (Å²) in [4.78, 5) is 3.92. The third-order valence-electron chi connectivity index (χ3n) is 1.52. The zero-order valence-electron chi connectivity index (χ0n) is 7.72. The van der Waals surface area contributed by atoms with Crippen molar-refractivity contribution in [1.29, 1.82) is 0 Å². The summed E-state index contributed by atoms with van der Waals surface area (Å²) in [5.74, 6) is 0.588. The van der Waals surface area contributed by atoms with Crippen molar-refractivity contribution in [2.75, 3.05) is 6.26 Å². The SMILES string of the molecule is CC(NS(C)(=O)=O)c1ncnn1C. The minimum absolute atomic E-state index is 0.359. The molecule has 0 radical (unpaired) electrons. The quantitative estimate of drug-likeness (QED) is 0.715. The average Bonchev–Trinajstić information content (AvgIpc) is 2.30. The van der Waals surface area contributed by atoms with Gasteiger partial charge < -0.3 is 0 Å². The number of hydrogen-bond donors (Lipinski definition) is 1. The fourth-order valence-corrected chi connectivity index (χ4v) is 1.82. The molecule has 6 nitrogen and oxygen atoms in total. The first kappa shape index (κ1) is 10.1. The lowest BCUT2D eigenvalue weighted by Gasteiger charge is -2.10. The van der Waals surface area contributed by atoms with Crippen molar-refractivity contribution in [3.8, 4) is 0 Å². The van der Waals surface area contributed by atoms with Crippen LogP contribution in [0.4, 0.5) is 0 Å². The molecule has 0 fully saturated rings. The Morgan fingerprint density at radius 1 is 1.62 bits per heavy atom. The third-order valence-corrected chi connectivity index (χ3v) is 2.31. The molecule has 1 heterocycles. The van der Waals surface area contributed by atoms with E-state index in [1.54, 1.807) is 14.0 Å². The van der Waals surface area contributed by atoms with Gasteiger partial charge in [-0.2, -0.15) is 5.10 Å². The van der Waals surface area contributed by atoms with Crippen LogP contribution >= 0.6 is 0 Å². The summed E-state index contributed by atoms with van der Waals surface area (Å²) in [6, 6.07) is -0.359. The van der Waals surface area contributed by atoms with Crippen molar-refractivity contribution in [1.82, 2.24) is 19.5 Å². The Morgan fingerprint density at radius 3 is 2.62 bits per heavy atom. The lowest BCUT2D eigenvalue weighted by Crippen LogP contribution is -2.27. The van der Waals surface area contributed by atoms with E-state index in [1.165, 1.54) is 11.0 Å². The van der Waals surface area contributed by atoms with Gasteiger partial charge in [-0.05, 0) is 6.92 Å². The molecule has 1 rings (SSSR count). The summed E-state index contributed by atoms with van der Waals surface area (Å²) in [7, 11) is -1.49. The van der Waals surface area contributed by atoms with Crippen LogP contribution in [0.2, 0.25) is 0 Å². The Labute approximate surface area is 77.0 Å². The molecular formula is C6H12N4O2S. The van der Waals surface area contributed by atoms with Crippen molar-refractivity contribution in [3.63, 3.8) is 0 Å². The minimum atomic E-state index is -3.20. The van der Waals surface area contributed by atoms with Crippen LogP contribution in [0.3, 0.4) is 0 Å². The molecular weight excluding hydrogens is 192 g/mol. The smallest absolute Gasteiger partial charge is 0.209 e. The van der Waals surface area contributed by atoms with Crippen LogP contribution < -0.4 is 4.72 Å². The zero-order valence-corrected chi connectivity index (χ0v) is 8.54. The normalized spacial score (nSPS) is 14.4. The van der Waals surface area contributed by atoms with Gasteiger partial charge in [-0.25, -0.2) is 18.1 Å². The fraction of sp³-hybridized carbons (Fsp3) is 0.667. The molecule has 7 heteroatoms. The van der Waals surface area contributed by atoms with E-state index in [1.807, 2.05) is 0 Å². The molecule has 0 aromatic carbocycles. The summed E-state index contributed by atoms with van der Waals surface area (Å²) in [5.41, 5.74) is 0. The lowest BCUT2D eigenvalue weighted by molar-refractivity contribution is 0.552. The van der Waals surface area contributed by atoms with Crippen LogP contribution in [0.5, 0.6) is 0 Å². The molecule has 0 aliphatic carbocycles. The molecule has 1 aromatic heterocycles. The summed E-state index contributed by atoms with van der Waals surface area (Å²) in [5, 5.41) is 3.84. The van der Waals surface area contributed by atoms with Crippen molar-refractivity contribution < 1.29 is 8.42 Å². The standard InChI is InChI=1S/C6H12N4O2S/c1-5(9-13(3,11)12)6-7-4-8-10(6)2/h4-5,9H,1-3H3. The molecule has 13 heavy (non-hydrogen) atoms. The van der Waals surface area contributed by atoms with Gasteiger partial charge in [-0.3, -0.25) is 4.68 Å². The van der Waals surface area contributed by atoms with E-state index >= 15 is 0 Å². The molecule has 0 amide bonds. The van der Waals surface area contributed by atoms with Crippen LogP contribution in [0, 0.1) is 0 Å². The molecule has 1 aromatic rings. The number of rotatable bonds is 3. The Hall–Kier alpha value is -0.950. The first-order chi connectivity index (χ1) is 5.90. The van der Waals surface area contributed by atoms with Gasteiger partial charge in [-0.1, -0.05) is 0 Å². The molecule has 0 aliphatic rings. The van der Waals surface area contributed by atoms with E-state index in [9.17, 15) is 8.42 Å². The van der Waals surface area contributed by atoms with E-state index in [-0.39, 0.29) is 6.04 Å². The number of nitrogens with zero attached hydrogens (tertiary/aromatic N) is 3. The van der Waals surface area contributed by atoms with E-state index in [0.717, 1.165) is 6.26 Å². The molecule has 0 saturated carbocycles. The summed E-state index contributed by atoms with van der Waals surface area (Å²) in [6.45, 7) is 1.71. The fourth-order valence-electron chi connectivity index (χ4n) is 1.07. The maximum atomic E-state index is 10.9. The van der Waals surface area contributed by atoms with E-state index in [4.69, 9.17) is 0 Å². The molecule has 74 valence electrons. The Kier molecular flexibility index (Phi) is 2.67. The third kappa shape index (κ3) is 2.78. The van der Waals surface area contributed by atoms with E-state index in [0.29, 0.717) is 5.82 Å². The second-order valence-corrected chi connectivity index (χ2v) is 4.63. The summed E-state index contributed by atoms with van der Waals surface area (Å²) < 4.78 is 25.7. The van der Waals surface area contributed by atoms with Crippen LogP contribution in [0.15, 0.2) is 6.33 Å². The van der Waals surface area contributed by atoms with Gasteiger partial charge in [0.05, 0.1) is 12.3 Å². The lowest BCUT2D eigenvalue weighted by atomic mass is 10.3. The van der Waals surface area contributed by atoms with E-state index < -0.39 is 10.0 Å². The molecule has 0 saturated heterocycles. The van der Waals surface area contributed by atoms with Crippen molar-refractivity contribution in [3.05, 3.63) is 12.2 Å². The maximum Gasteiger partial charge on any atom is 0.209 e. The van der Waals surface area contributed by atoms with Crippen LogP contribution in [-0.4, -0.2) is 29.4 Å². The second kappa shape index (κ2) is 3.43. The minimum Gasteiger partial charge on any atom is -0.252 e. The topological polar surface area (TPSA) is 76.9 Å². The van der Waals surface area contributed by atoms with Gasteiger partial charge in [0.2, 0.25) is 10.0 Å². The van der Waals surface area contributed by atoms with Crippen LogP contribution in [0.1, 0.15) is 18.8 Å². The molecule has 0 bridgehead atoms. The zero-order chi connectivity index (χ0) is 10.1. The summed E-state index contributed by atoms with van der Waals surface area (Å²) >= 11 is 0. The van der Waals surface area contributed by atoms with Crippen LogP contribution in [0.25, 0.3) is 0 Å². The highest BCUT2D eigenvalue weighted by Gasteiger charge is 2.14. The average molecular weight is 204 g/mol. The predicted octanol–water partition coefficient (Wildman–Crippen LogP) is -0.575. The maximum absolute atomic E-state index is 10.9. The van der Waals surface area contributed by atoms with Gasteiger partial charge in [0, 0.05) is 7.05 Å². The highest BCUT2D eigenvalue weighted by Crippen LogP contribution is 2.07. The van der Waals surface area contributed by atoms with Crippen LogP contribution in [-0.2, 0) is 17.1 Å². The van der Waals surface area contributed by atoms with Gasteiger partial charge in [0.25, 0.3) is 0 Å². The number of hydrogen-bond acceptors (Lipinski definition) is 4. The number of nitrogens with one attached hydrogen (secondary N) is 1. The van der Waals surface area contributed by atoms with E-state index in [2.05, 4.69) is 14.8 Å². The number of sulfonamides is 1. The number of aryl methyl sites for hydroxylation is 1. The molecule has 1 N–H and O–H groups in total. The highest BCUT2D eigenvalue weighted by molar-refractivity contribution is 7.88. The van der Waals surface area contributed by atoms with Gasteiger partial charge in [0.15, 0.2) is 0 Å². The number of aromatic nitrogens is 3. The monoisotopic (exact) mass is 204 g/mol. The first-order valence-corrected chi connectivity index (χ1v) is 5.60. The molecule has 0 aliphatic heterocycles. The van der Waals surface area contributed by atoms with Crippen molar-refractivity contribution in [2.24, 2.45) is 7.05 Å². The Bertz CT molecular complexity index is 383. The Morgan fingerprint density at radius 2 is 2.23 bits per heavy atom. The largest absolute Gasteiger partial charge is 0.252 e. The van der Waals surface area contributed by atoms with Crippen molar-refractivity contribution in [2.45, 2.75) is 13.0 Å². The molecule has 0 spiro atoms. The predicted molar refractivity (Wildman–Crippen MR) is 47.4 cm³/mol. The van der Waals surface area contributed by atoms with Gasteiger partial charge >= 0.3 is 0 Å². The van der Waals surface area contributed by atoms with Crippen molar-refractivity contribution >= 4 is 10.0 Å². The molecule has 1 unspecified atom stereocenters. The summed E-state index contributed by atoms with van der Waals surface area (Å²) in [6.07, 6.45) is 2.50. The second-order valence-electron chi connectivity index (χ2n) is 2.85.